The molecule has 0 bridgehead atoms. The average molecular weight is 492 g/mol. The molecule has 3 aliphatic heterocycles. The normalized spacial score (nSPS) is 18.2. The Hall–Kier alpha value is -4.08. The van der Waals surface area contributed by atoms with E-state index < -0.39 is 28.0 Å². The van der Waals surface area contributed by atoms with Gasteiger partial charge in [0.15, 0.2) is 5.78 Å². The summed E-state index contributed by atoms with van der Waals surface area (Å²) in [5, 5.41) is 11.3. The van der Waals surface area contributed by atoms with Crippen molar-refractivity contribution in [3.8, 4) is 5.75 Å². The first-order valence-corrected chi connectivity index (χ1v) is 11.8. The molecule has 10 heteroatoms. The van der Waals surface area contributed by atoms with Crippen molar-refractivity contribution in [3.05, 3.63) is 68.3 Å². The number of piperidine rings is 1. The molecule has 0 N–H and O–H groups in total. The Kier molecular flexibility index (Phi) is 5.61. The number of aryl methyl sites for hydroxylation is 2. The number of nitrogens with zero attached hydrogens (tertiary/aromatic N) is 3. The van der Waals surface area contributed by atoms with E-state index in [9.17, 15) is 29.3 Å². The number of likely N-dealkylation sites (tertiary alicyclic amines) is 1. The second kappa shape index (κ2) is 8.54. The molecule has 0 atom stereocenters. The van der Waals surface area contributed by atoms with Gasteiger partial charge in [-0.05, 0) is 37.1 Å². The smallest absolute Gasteiger partial charge is 0.282 e. The molecule has 2 aromatic rings. The highest BCUT2D eigenvalue weighted by atomic mass is 16.6. The van der Waals surface area contributed by atoms with Crippen LogP contribution in [0.1, 0.15) is 67.9 Å². The number of Topliss-reactive ketones (excluding diaryl/α,β-unsaturated/α-hetero) is 1. The Morgan fingerprint density at radius 3 is 2.50 bits per heavy atom. The molecule has 0 saturated carbocycles. The van der Waals surface area contributed by atoms with Crippen LogP contribution in [-0.2, 0) is 4.79 Å². The standard InChI is InChI=1S/C26H25N3O7/c1-15-12-16(2)22-19(30)14-26(36-20(22)13-15)7-10-27(11-8-26)21(31)6-9-28-24(32)17-4-3-5-18(29(34)35)23(17)25(28)33/h3-5,12-13H,6-11,14H2,1-2H3. The van der Waals surface area contributed by atoms with Gasteiger partial charge < -0.3 is 9.64 Å². The number of fused-ring (bicyclic) bond motifs is 2. The first-order chi connectivity index (χ1) is 17.1. The van der Waals surface area contributed by atoms with Crippen LogP contribution in [0.4, 0.5) is 5.69 Å². The van der Waals surface area contributed by atoms with Crippen molar-refractivity contribution in [3.63, 3.8) is 0 Å². The minimum atomic E-state index is -0.758. The van der Waals surface area contributed by atoms with E-state index in [1.165, 1.54) is 18.2 Å². The summed E-state index contributed by atoms with van der Waals surface area (Å²) in [6.45, 7) is 4.47. The van der Waals surface area contributed by atoms with Crippen LogP contribution >= 0.6 is 0 Å². The van der Waals surface area contributed by atoms with Gasteiger partial charge in [0.25, 0.3) is 17.5 Å². The number of amides is 3. The summed E-state index contributed by atoms with van der Waals surface area (Å²) in [5.74, 6) is -0.977. The lowest BCUT2D eigenvalue weighted by atomic mass is 9.81. The maximum atomic E-state index is 12.9. The Bertz CT molecular complexity index is 1340. The number of nitro benzene ring substituents is 1. The molecule has 3 aliphatic rings. The van der Waals surface area contributed by atoms with Gasteiger partial charge in [-0.15, -0.1) is 0 Å². The van der Waals surface area contributed by atoms with Gasteiger partial charge in [-0.3, -0.25) is 34.2 Å². The summed E-state index contributed by atoms with van der Waals surface area (Å²) in [5.41, 5.74) is 1.22. The van der Waals surface area contributed by atoms with Crippen molar-refractivity contribution in [1.29, 1.82) is 0 Å². The molecule has 5 rings (SSSR count). The largest absolute Gasteiger partial charge is 0.486 e. The van der Waals surface area contributed by atoms with E-state index in [1.54, 1.807) is 4.90 Å². The Morgan fingerprint density at radius 2 is 1.81 bits per heavy atom. The second-order valence-corrected chi connectivity index (χ2v) is 9.69. The van der Waals surface area contributed by atoms with E-state index in [2.05, 4.69) is 0 Å². The van der Waals surface area contributed by atoms with E-state index in [0.717, 1.165) is 16.0 Å². The third-order valence-corrected chi connectivity index (χ3v) is 7.28. The Labute approximate surface area is 207 Å². The molecular weight excluding hydrogens is 466 g/mol. The van der Waals surface area contributed by atoms with Crippen molar-refractivity contribution in [2.24, 2.45) is 0 Å². The number of rotatable bonds is 4. The van der Waals surface area contributed by atoms with Crippen molar-refractivity contribution in [1.82, 2.24) is 9.80 Å². The number of carbonyl (C=O) groups excluding carboxylic acids is 4. The van der Waals surface area contributed by atoms with Gasteiger partial charge in [0.05, 0.1) is 22.5 Å². The van der Waals surface area contributed by atoms with Gasteiger partial charge in [0, 0.05) is 45.0 Å². The van der Waals surface area contributed by atoms with Crippen LogP contribution in [0.5, 0.6) is 5.75 Å². The van der Waals surface area contributed by atoms with E-state index in [4.69, 9.17) is 4.74 Å². The van der Waals surface area contributed by atoms with Gasteiger partial charge >= 0.3 is 0 Å². The fraction of sp³-hybridized carbons (Fsp3) is 0.385. The number of hydrogen-bond acceptors (Lipinski definition) is 7. The topological polar surface area (TPSA) is 127 Å². The molecular formula is C26H25N3O7. The first kappa shape index (κ1) is 23.7. The minimum absolute atomic E-state index is 0.0218. The van der Waals surface area contributed by atoms with Crippen LogP contribution in [0.25, 0.3) is 0 Å². The van der Waals surface area contributed by atoms with E-state index >= 15 is 0 Å². The first-order valence-electron chi connectivity index (χ1n) is 11.8. The van der Waals surface area contributed by atoms with Crippen molar-refractivity contribution in [2.75, 3.05) is 19.6 Å². The average Bonchev–Trinajstić information content (AvgIpc) is 3.06. The van der Waals surface area contributed by atoms with Crippen LogP contribution < -0.4 is 4.74 Å². The van der Waals surface area contributed by atoms with Crippen LogP contribution in [-0.4, -0.2) is 63.5 Å². The maximum absolute atomic E-state index is 12.9. The van der Waals surface area contributed by atoms with Crippen LogP contribution in [0.2, 0.25) is 0 Å². The molecule has 1 saturated heterocycles. The van der Waals surface area contributed by atoms with E-state index in [1.807, 2.05) is 26.0 Å². The maximum Gasteiger partial charge on any atom is 0.282 e. The summed E-state index contributed by atoms with van der Waals surface area (Å²) >= 11 is 0. The fourth-order valence-corrected chi connectivity index (χ4v) is 5.50. The molecule has 2 aromatic carbocycles. The van der Waals surface area contributed by atoms with Crippen LogP contribution in [0.3, 0.4) is 0 Å². The zero-order valence-electron chi connectivity index (χ0n) is 20.0. The van der Waals surface area contributed by atoms with Gasteiger partial charge in [-0.25, -0.2) is 0 Å². The van der Waals surface area contributed by atoms with Gasteiger partial charge in [-0.1, -0.05) is 12.1 Å². The van der Waals surface area contributed by atoms with Crippen LogP contribution in [0, 0.1) is 24.0 Å². The number of imide groups is 1. The molecule has 0 aromatic heterocycles. The number of hydrogen-bond donors (Lipinski definition) is 0. The monoisotopic (exact) mass is 491 g/mol. The number of carbonyl (C=O) groups is 4. The van der Waals surface area contributed by atoms with Crippen molar-refractivity contribution >= 4 is 29.2 Å². The predicted octanol–water partition coefficient (Wildman–Crippen LogP) is 3.22. The summed E-state index contributed by atoms with van der Waals surface area (Å²) in [4.78, 5) is 64.3. The molecule has 1 fully saturated rings. The number of ketones is 1. The van der Waals surface area contributed by atoms with Gasteiger partial charge in [-0.2, -0.15) is 0 Å². The van der Waals surface area contributed by atoms with E-state index in [0.29, 0.717) is 37.2 Å². The molecule has 1 spiro atoms. The lowest BCUT2D eigenvalue weighted by molar-refractivity contribution is -0.385. The Balaban J connectivity index is 1.22. The summed E-state index contributed by atoms with van der Waals surface area (Å²) in [6, 6.07) is 7.76. The van der Waals surface area contributed by atoms with Gasteiger partial charge in [0.1, 0.15) is 16.9 Å². The highest BCUT2D eigenvalue weighted by Crippen LogP contribution is 2.41. The molecule has 0 unspecified atom stereocenters. The highest BCUT2D eigenvalue weighted by molar-refractivity contribution is 6.23. The number of nitro groups is 1. The lowest BCUT2D eigenvalue weighted by Crippen LogP contribution is -2.52. The zero-order chi connectivity index (χ0) is 25.8. The minimum Gasteiger partial charge on any atom is -0.486 e. The van der Waals surface area contributed by atoms with Gasteiger partial charge in [0.2, 0.25) is 5.91 Å². The van der Waals surface area contributed by atoms with Crippen molar-refractivity contribution in [2.45, 2.75) is 45.1 Å². The molecule has 3 heterocycles. The summed E-state index contributed by atoms with van der Waals surface area (Å²) < 4.78 is 6.34. The van der Waals surface area contributed by atoms with Crippen LogP contribution in [0.15, 0.2) is 30.3 Å². The third-order valence-electron chi connectivity index (χ3n) is 7.28. The molecule has 10 nitrogen and oxygen atoms in total. The summed E-state index contributed by atoms with van der Waals surface area (Å²) in [6.07, 6.45) is 1.17. The second-order valence-electron chi connectivity index (χ2n) is 9.69. The quantitative estimate of drug-likeness (QED) is 0.365. The number of ether oxygens (including phenoxy) is 1. The number of benzene rings is 2. The molecule has 3 amide bonds. The molecule has 36 heavy (non-hydrogen) atoms. The lowest BCUT2D eigenvalue weighted by Gasteiger charge is -2.44. The van der Waals surface area contributed by atoms with Crippen molar-refractivity contribution < 1.29 is 28.8 Å². The third kappa shape index (κ3) is 3.82. The Morgan fingerprint density at radius 1 is 1.08 bits per heavy atom. The fourth-order valence-electron chi connectivity index (χ4n) is 5.50. The zero-order valence-corrected chi connectivity index (χ0v) is 20.0. The molecule has 186 valence electrons. The summed E-state index contributed by atoms with van der Waals surface area (Å²) in [7, 11) is 0. The SMILES string of the molecule is Cc1cc(C)c2c(c1)OC1(CCN(C(=O)CCN3C(=O)c4cccc([N+](=O)[O-])c4C3=O)CC1)CC2=O. The van der Waals surface area contributed by atoms with E-state index in [-0.39, 0.29) is 42.2 Å². The highest BCUT2D eigenvalue weighted by Gasteiger charge is 2.45. The predicted molar refractivity (Wildman–Crippen MR) is 127 cm³/mol. The molecule has 0 aliphatic carbocycles. The molecule has 0 radical (unpaired) electrons.